The molecule has 0 spiro atoms. The van der Waals surface area contributed by atoms with Gasteiger partial charge in [0.2, 0.25) is 23.3 Å². The fraction of sp³-hybridized carbons (Fsp3) is 0.316. The maximum atomic E-state index is 11.0. The molecule has 14 N–H and O–H groups in total. The van der Waals surface area contributed by atoms with Crippen LogP contribution < -0.4 is 0 Å². The first-order valence-electron chi connectivity index (χ1n) is 10.0. The van der Waals surface area contributed by atoms with Crippen LogP contribution in [0.2, 0.25) is 5.02 Å². The van der Waals surface area contributed by atoms with E-state index >= 15 is 0 Å². The highest BCUT2D eigenvalue weighted by molar-refractivity contribution is 6.34. The summed E-state index contributed by atoms with van der Waals surface area (Å²) in [6, 6.07) is 0. The molecule has 3 aromatic rings. The Bertz CT molecular complexity index is 1410. The lowest BCUT2D eigenvalue weighted by Gasteiger charge is -2.42. The van der Waals surface area contributed by atoms with Crippen molar-refractivity contribution >= 4 is 22.6 Å². The quantitative estimate of drug-likeness (QED) is 0.0936. The number of phenols is 8. The number of halogens is 1. The molecular weight excluding hydrogens is 530 g/mol. The summed E-state index contributed by atoms with van der Waals surface area (Å²) in [5.74, 6) is -21.7. The van der Waals surface area contributed by atoms with E-state index in [1.807, 2.05) is 0 Å². The summed E-state index contributed by atoms with van der Waals surface area (Å²) in [5, 5.41) is 143. The monoisotopic (exact) mass is 549 g/mol. The van der Waals surface area contributed by atoms with Crippen molar-refractivity contribution in [1.29, 1.82) is 0 Å². The van der Waals surface area contributed by atoms with Gasteiger partial charge in [0.05, 0.1) is 12.1 Å². The van der Waals surface area contributed by atoms with Gasteiger partial charge in [-0.2, -0.15) is 0 Å². The smallest absolute Gasteiger partial charge is 0.296 e. The van der Waals surface area contributed by atoms with Gasteiger partial charge in [-0.15, -0.1) is 4.90 Å². The zero-order valence-electron chi connectivity index (χ0n) is 18.1. The molecule has 1 aliphatic heterocycles. The Balaban J connectivity index is 2.10. The molecule has 0 radical (unpaired) electrons. The summed E-state index contributed by atoms with van der Waals surface area (Å²) in [6.07, 6.45) is -1.69. The molecule has 0 atom stereocenters. The van der Waals surface area contributed by atoms with Crippen LogP contribution in [0, 0.1) is 0 Å². The maximum absolute atomic E-state index is 11.0. The Morgan fingerprint density at radius 2 is 1.16 bits per heavy atom. The minimum absolute atomic E-state index is 0.385. The van der Waals surface area contributed by atoms with E-state index in [4.69, 9.17) is 11.6 Å². The number of aromatic nitrogens is 2. The van der Waals surface area contributed by atoms with Crippen molar-refractivity contribution in [2.45, 2.75) is 37.1 Å². The molecule has 2 heterocycles. The van der Waals surface area contributed by atoms with E-state index in [-0.39, 0.29) is 0 Å². The zero-order chi connectivity index (χ0) is 28.0. The van der Waals surface area contributed by atoms with Crippen molar-refractivity contribution in [2.24, 2.45) is 0 Å². The number of aromatic hydroxyl groups is 8. The molecule has 18 heteroatoms. The second-order valence-corrected chi connectivity index (χ2v) is 8.70. The first-order chi connectivity index (χ1) is 16.9. The standard InChI is InChI=1S/C19H20ClN3O14/c20-5-10(26)8(24)4(9(25)11(5)27)3-22-7-6(12(28)14(30)15(31)13(7)29)21-16(22)19(36,37)23-17(32,33)1-2-18(23,34)35/h24-37H,1-3H2. The Labute approximate surface area is 208 Å². The second-order valence-electron chi connectivity index (χ2n) is 8.32. The summed E-state index contributed by atoms with van der Waals surface area (Å²) in [5.41, 5.74) is -2.58. The normalized spacial score (nSPS) is 17.6. The van der Waals surface area contributed by atoms with Crippen molar-refractivity contribution in [3.8, 4) is 46.0 Å². The molecule has 0 bridgehead atoms. The van der Waals surface area contributed by atoms with Crippen molar-refractivity contribution in [3.05, 3.63) is 16.4 Å². The van der Waals surface area contributed by atoms with Crippen LogP contribution in [-0.2, 0) is 12.5 Å². The lowest BCUT2D eigenvalue weighted by atomic mass is 10.1. The Hall–Kier alpha value is -3.68. The highest BCUT2D eigenvalue weighted by Gasteiger charge is 2.63. The average molecular weight is 550 g/mol. The van der Waals surface area contributed by atoms with Crippen molar-refractivity contribution in [2.75, 3.05) is 0 Å². The van der Waals surface area contributed by atoms with Crippen LogP contribution in [-0.4, -0.2) is 97.8 Å². The van der Waals surface area contributed by atoms with Crippen LogP contribution in [0.25, 0.3) is 11.0 Å². The third kappa shape index (κ3) is 3.56. The van der Waals surface area contributed by atoms with Gasteiger partial charge in [0.1, 0.15) is 16.1 Å². The van der Waals surface area contributed by atoms with Gasteiger partial charge >= 0.3 is 0 Å². The number of fused-ring (bicyclic) bond motifs is 1. The topological polar surface area (TPSA) is 304 Å². The number of hydrogen-bond donors (Lipinski definition) is 14. The molecule has 0 amide bonds. The highest BCUT2D eigenvalue weighted by atomic mass is 35.5. The Morgan fingerprint density at radius 1 is 0.703 bits per heavy atom. The van der Waals surface area contributed by atoms with E-state index < -0.39 is 115 Å². The van der Waals surface area contributed by atoms with Gasteiger partial charge < -0.3 is 76.1 Å². The van der Waals surface area contributed by atoms with Gasteiger partial charge in [-0.3, -0.25) is 0 Å². The number of benzene rings is 2. The lowest BCUT2D eigenvalue weighted by Crippen LogP contribution is -2.64. The van der Waals surface area contributed by atoms with Crippen LogP contribution in [0.1, 0.15) is 24.2 Å². The number of phenolic OH excluding ortho intramolecular Hbond substituents is 8. The van der Waals surface area contributed by atoms with Gasteiger partial charge in [-0.05, 0) is 0 Å². The number of rotatable bonds is 4. The molecule has 17 nitrogen and oxygen atoms in total. The summed E-state index contributed by atoms with van der Waals surface area (Å²) in [7, 11) is 0. The van der Waals surface area contributed by atoms with Crippen LogP contribution in [0.5, 0.6) is 46.0 Å². The molecule has 0 saturated carbocycles. The first kappa shape index (κ1) is 26.4. The number of aliphatic hydroxyl groups is 6. The molecule has 37 heavy (non-hydrogen) atoms. The summed E-state index contributed by atoms with van der Waals surface area (Å²) >= 11 is 5.60. The van der Waals surface area contributed by atoms with Gasteiger partial charge in [-0.25, -0.2) is 4.98 Å². The first-order valence-corrected chi connectivity index (χ1v) is 10.4. The summed E-state index contributed by atoms with van der Waals surface area (Å²) < 4.78 is 0.385. The van der Waals surface area contributed by atoms with Gasteiger partial charge in [-0.1, -0.05) is 11.6 Å². The average Bonchev–Trinajstić information content (AvgIpc) is 3.30. The largest absolute Gasteiger partial charge is 0.504 e. The van der Waals surface area contributed by atoms with E-state index in [9.17, 15) is 71.5 Å². The number of imidazole rings is 1. The lowest BCUT2D eigenvalue weighted by molar-refractivity contribution is -0.456. The minimum atomic E-state index is -3.94. The molecule has 1 aromatic heterocycles. The molecule has 202 valence electrons. The number of nitrogens with zero attached hydrogens (tertiary/aromatic N) is 3. The molecule has 1 saturated heterocycles. The molecule has 4 rings (SSSR count). The number of likely N-dealkylation sites (tertiary alicyclic amines) is 1. The van der Waals surface area contributed by atoms with Gasteiger partial charge in [0.25, 0.3) is 5.91 Å². The summed E-state index contributed by atoms with van der Waals surface area (Å²) in [4.78, 5) is 3.19. The summed E-state index contributed by atoms with van der Waals surface area (Å²) in [6.45, 7) is -1.14. The van der Waals surface area contributed by atoms with E-state index in [0.29, 0.717) is 4.57 Å². The van der Waals surface area contributed by atoms with Crippen molar-refractivity contribution in [1.82, 2.24) is 14.5 Å². The predicted octanol–water partition coefficient (Wildman–Crippen LogP) is -2.15. The highest BCUT2D eigenvalue weighted by Crippen LogP contribution is 2.53. The van der Waals surface area contributed by atoms with E-state index in [1.165, 1.54) is 0 Å². The molecule has 1 aliphatic rings. The number of hydrogen-bond acceptors (Lipinski definition) is 16. The van der Waals surface area contributed by atoms with Gasteiger partial charge in [0.15, 0.2) is 40.3 Å². The van der Waals surface area contributed by atoms with Gasteiger partial charge in [0, 0.05) is 12.8 Å². The van der Waals surface area contributed by atoms with E-state index in [0.717, 1.165) is 0 Å². The zero-order valence-corrected chi connectivity index (χ0v) is 18.9. The fourth-order valence-corrected chi connectivity index (χ4v) is 4.37. The third-order valence-corrected chi connectivity index (χ3v) is 6.32. The fourth-order valence-electron chi connectivity index (χ4n) is 4.19. The maximum Gasteiger partial charge on any atom is 0.296 e. The SMILES string of the molecule is Oc1c(O)c(Cn2c(C(O)(O)N3C(O)(O)CCC3(O)O)nc3c(O)c(O)c(O)c(O)c32)c(O)c(O)c1Cl. The predicted molar refractivity (Wildman–Crippen MR) is 115 cm³/mol. The van der Waals surface area contributed by atoms with E-state index in [2.05, 4.69) is 4.98 Å². The Kier molecular flexibility index (Phi) is 5.64. The van der Waals surface area contributed by atoms with Crippen LogP contribution in [0.3, 0.4) is 0 Å². The minimum Gasteiger partial charge on any atom is -0.504 e. The van der Waals surface area contributed by atoms with Crippen molar-refractivity contribution in [3.63, 3.8) is 0 Å². The molecule has 2 aromatic carbocycles. The van der Waals surface area contributed by atoms with Crippen molar-refractivity contribution < 1.29 is 71.5 Å². The molecule has 1 fully saturated rings. The second kappa shape index (κ2) is 7.91. The molecule has 0 unspecified atom stereocenters. The molecular formula is C19H20ClN3O14. The van der Waals surface area contributed by atoms with Crippen LogP contribution >= 0.6 is 11.6 Å². The van der Waals surface area contributed by atoms with Crippen LogP contribution in [0.15, 0.2) is 0 Å². The third-order valence-electron chi connectivity index (χ3n) is 5.97. The molecule has 0 aliphatic carbocycles. The van der Waals surface area contributed by atoms with Crippen LogP contribution in [0.4, 0.5) is 0 Å². The van der Waals surface area contributed by atoms with E-state index in [1.54, 1.807) is 0 Å². The Morgan fingerprint density at radius 3 is 1.65 bits per heavy atom.